The second kappa shape index (κ2) is 6.29. The molecule has 1 aromatic carbocycles. The molecule has 0 aliphatic rings. The number of nitrogens with two attached hydrogens (primary N) is 1. The fourth-order valence-corrected chi connectivity index (χ4v) is 1.82. The minimum Gasteiger partial charge on any atom is -0.324 e. The van der Waals surface area contributed by atoms with Crippen molar-refractivity contribution in [1.29, 1.82) is 0 Å². The van der Waals surface area contributed by atoms with Crippen LogP contribution in [0.25, 0.3) is 0 Å². The number of para-hydroxylation sites is 1. The van der Waals surface area contributed by atoms with E-state index in [1.165, 1.54) is 4.68 Å². The van der Waals surface area contributed by atoms with Crippen molar-refractivity contribution in [3.8, 4) is 0 Å². The Morgan fingerprint density at radius 1 is 1.45 bits per heavy atom. The highest BCUT2D eigenvalue weighted by atomic mass is 16.2. The van der Waals surface area contributed by atoms with Crippen LogP contribution < -0.4 is 11.1 Å². The number of benzene rings is 1. The monoisotopic (exact) mass is 273 g/mol. The van der Waals surface area contributed by atoms with E-state index in [0.29, 0.717) is 5.69 Å². The van der Waals surface area contributed by atoms with Crippen molar-refractivity contribution in [3.05, 3.63) is 41.7 Å². The summed E-state index contributed by atoms with van der Waals surface area (Å²) in [6.07, 6.45) is 2.50. The Kier molecular flexibility index (Phi) is 4.47. The van der Waals surface area contributed by atoms with Crippen molar-refractivity contribution < 1.29 is 4.79 Å². The third-order valence-corrected chi connectivity index (χ3v) is 3.10. The van der Waals surface area contributed by atoms with Crippen LogP contribution in [0.1, 0.15) is 30.6 Å². The summed E-state index contributed by atoms with van der Waals surface area (Å²) in [4.78, 5) is 12.0. The molecule has 2 rings (SSSR count). The van der Waals surface area contributed by atoms with E-state index in [1.54, 1.807) is 6.20 Å². The topological polar surface area (TPSA) is 85.8 Å². The lowest BCUT2D eigenvalue weighted by atomic mass is 10.2. The molecule has 20 heavy (non-hydrogen) atoms. The van der Waals surface area contributed by atoms with E-state index < -0.39 is 0 Å². The maximum Gasteiger partial charge on any atom is 0.246 e. The van der Waals surface area contributed by atoms with Crippen LogP contribution in [0.2, 0.25) is 0 Å². The molecule has 1 atom stereocenters. The maximum atomic E-state index is 12.0. The maximum absolute atomic E-state index is 12.0. The Morgan fingerprint density at radius 3 is 2.90 bits per heavy atom. The average Bonchev–Trinajstić information content (AvgIpc) is 2.89. The van der Waals surface area contributed by atoms with E-state index in [0.717, 1.165) is 17.7 Å². The predicted molar refractivity (Wildman–Crippen MR) is 77.1 cm³/mol. The molecule has 0 fully saturated rings. The number of rotatable bonds is 5. The number of nitrogens with one attached hydrogen (secondary N) is 1. The summed E-state index contributed by atoms with van der Waals surface area (Å²) in [5, 5.41) is 10.7. The zero-order valence-electron chi connectivity index (χ0n) is 11.7. The molecule has 1 amide bonds. The molecule has 0 saturated heterocycles. The fourth-order valence-electron chi connectivity index (χ4n) is 1.82. The van der Waals surface area contributed by atoms with Crippen LogP contribution >= 0.6 is 0 Å². The molecule has 0 aliphatic heterocycles. The first kappa shape index (κ1) is 14.2. The lowest BCUT2D eigenvalue weighted by Crippen LogP contribution is -2.19. The molecule has 6 heteroatoms. The van der Waals surface area contributed by atoms with E-state index >= 15 is 0 Å². The molecule has 0 saturated carbocycles. The number of aromatic nitrogens is 3. The Bertz CT molecular complexity index is 593. The Morgan fingerprint density at radius 2 is 2.20 bits per heavy atom. The highest BCUT2D eigenvalue weighted by molar-refractivity contribution is 5.91. The number of nitrogens with zero attached hydrogens (tertiary/aromatic N) is 3. The fraction of sp³-hybridized carbons (Fsp3) is 0.357. The molecule has 0 spiro atoms. The third kappa shape index (κ3) is 3.42. The van der Waals surface area contributed by atoms with Gasteiger partial charge in [0, 0.05) is 5.69 Å². The summed E-state index contributed by atoms with van der Waals surface area (Å²) in [6, 6.07) is 7.50. The Labute approximate surface area is 118 Å². The minimum absolute atomic E-state index is 0.123. The molecular weight excluding hydrogens is 254 g/mol. The van der Waals surface area contributed by atoms with E-state index in [4.69, 9.17) is 5.73 Å². The van der Waals surface area contributed by atoms with Crippen LogP contribution in [0.3, 0.4) is 0 Å². The van der Waals surface area contributed by atoms with Crippen LogP contribution in [0.15, 0.2) is 30.5 Å². The zero-order valence-corrected chi connectivity index (χ0v) is 11.7. The number of hydrogen-bond donors (Lipinski definition) is 2. The van der Waals surface area contributed by atoms with Crippen LogP contribution in [0, 0.1) is 6.92 Å². The van der Waals surface area contributed by atoms with Crippen molar-refractivity contribution in [2.75, 3.05) is 5.32 Å². The predicted octanol–water partition coefficient (Wildman–Crippen LogP) is 1.64. The van der Waals surface area contributed by atoms with Crippen molar-refractivity contribution in [2.45, 2.75) is 32.9 Å². The van der Waals surface area contributed by atoms with Crippen LogP contribution in [0.4, 0.5) is 5.69 Å². The second-order valence-electron chi connectivity index (χ2n) is 4.72. The first-order chi connectivity index (χ1) is 9.60. The molecule has 0 radical (unpaired) electrons. The van der Waals surface area contributed by atoms with Crippen molar-refractivity contribution in [2.24, 2.45) is 5.73 Å². The molecule has 0 aliphatic carbocycles. The van der Waals surface area contributed by atoms with Gasteiger partial charge in [-0.25, -0.2) is 4.68 Å². The van der Waals surface area contributed by atoms with Gasteiger partial charge in [-0.15, -0.1) is 5.10 Å². The van der Waals surface area contributed by atoms with Gasteiger partial charge in [0.15, 0.2) is 0 Å². The van der Waals surface area contributed by atoms with Gasteiger partial charge in [0.25, 0.3) is 0 Å². The average molecular weight is 273 g/mol. The number of aryl methyl sites for hydroxylation is 1. The van der Waals surface area contributed by atoms with Crippen molar-refractivity contribution in [1.82, 2.24) is 15.0 Å². The van der Waals surface area contributed by atoms with Crippen LogP contribution in [0.5, 0.6) is 0 Å². The first-order valence-corrected chi connectivity index (χ1v) is 6.61. The zero-order chi connectivity index (χ0) is 14.5. The van der Waals surface area contributed by atoms with Gasteiger partial charge in [-0.05, 0) is 25.0 Å². The number of carbonyl (C=O) groups is 1. The largest absolute Gasteiger partial charge is 0.324 e. The second-order valence-corrected chi connectivity index (χ2v) is 4.72. The quantitative estimate of drug-likeness (QED) is 0.867. The molecule has 2 aromatic rings. The molecule has 0 bridgehead atoms. The molecule has 106 valence electrons. The van der Waals surface area contributed by atoms with Gasteiger partial charge in [-0.3, -0.25) is 4.79 Å². The van der Waals surface area contributed by atoms with E-state index in [1.807, 2.05) is 38.1 Å². The molecule has 6 nitrogen and oxygen atoms in total. The van der Waals surface area contributed by atoms with E-state index in [-0.39, 0.29) is 18.5 Å². The number of anilines is 1. The molecule has 3 N–H and O–H groups in total. The summed E-state index contributed by atoms with van der Waals surface area (Å²) in [5.74, 6) is -0.138. The van der Waals surface area contributed by atoms with E-state index in [9.17, 15) is 4.79 Å². The van der Waals surface area contributed by atoms with Crippen molar-refractivity contribution >= 4 is 11.6 Å². The van der Waals surface area contributed by atoms with Crippen molar-refractivity contribution in [3.63, 3.8) is 0 Å². The lowest BCUT2D eigenvalue weighted by molar-refractivity contribution is -0.116. The van der Waals surface area contributed by atoms with Gasteiger partial charge in [-0.2, -0.15) is 0 Å². The number of hydrogen-bond acceptors (Lipinski definition) is 4. The summed E-state index contributed by atoms with van der Waals surface area (Å²) in [7, 11) is 0. The summed E-state index contributed by atoms with van der Waals surface area (Å²) < 4.78 is 1.50. The standard InChI is InChI=1S/C14H19N5O/c1-3-11(15)13-8-19(18-17-13)9-14(20)16-12-7-5-4-6-10(12)2/h4-8,11H,3,9,15H2,1-2H3,(H,16,20). The van der Waals surface area contributed by atoms with Gasteiger partial charge < -0.3 is 11.1 Å². The number of carbonyl (C=O) groups excluding carboxylic acids is 1. The lowest BCUT2D eigenvalue weighted by Gasteiger charge is -2.07. The Balaban J connectivity index is 1.98. The molecule has 1 aromatic heterocycles. The third-order valence-electron chi connectivity index (χ3n) is 3.10. The smallest absolute Gasteiger partial charge is 0.246 e. The number of amides is 1. The van der Waals surface area contributed by atoms with E-state index in [2.05, 4.69) is 15.6 Å². The minimum atomic E-state index is -0.138. The normalized spacial score (nSPS) is 12.2. The van der Waals surface area contributed by atoms with Gasteiger partial charge >= 0.3 is 0 Å². The molecular formula is C14H19N5O. The molecule has 1 heterocycles. The SMILES string of the molecule is CCC(N)c1cn(CC(=O)Nc2ccccc2C)nn1. The van der Waals surface area contributed by atoms with Crippen LogP contribution in [-0.2, 0) is 11.3 Å². The summed E-state index contributed by atoms with van der Waals surface area (Å²) >= 11 is 0. The van der Waals surface area contributed by atoms with Gasteiger partial charge in [-0.1, -0.05) is 30.3 Å². The summed E-state index contributed by atoms with van der Waals surface area (Å²) in [6.45, 7) is 4.05. The van der Waals surface area contributed by atoms with Gasteiger partial charge in [0.1, 0.15) is 6.54 Å². The first-order valence-electron chi connectivity index (χ1n) is 6.61. The molecule has 1 unspecified atom stereocenters. The van der Waals surface area contributed by atoms with Gasteiger partial charge in [0.05, 0.1) is 17.9 Å². The highest BCUT2D eigenvalue weighted by Crippen LogP contribution is 2.13. The highest BCUT2D eigenvalue weighted by Gasteiger charge is 2.11. The van der Waals surface area contributed by atoms with Crippen LogP contribution in [-0.4, -0.2) is 20.9 Å². The summed E-state index contributed by atoms with van der Waals surface area (Å²) in [5.41, 5.74) is 8.40. The Hall–Kier alpha value is -2.21. The van der Waals surface area contributed by atoms with Gasteiger partial charge in [0.2, 0.25) is 5.91 Å².